The number of nitrogens with zero attached hydrogens (tertiary/aromatic N) is 1. The molecule has 2 rings (SSSR count). The van der Waals surface area contributed by atoms with Gasteiger partial charge in [-0.15, -0.1) is 11.3 Å². The van der Waals surface area contributed by atoms with Crippen LogP contribution in [0.5, 0.6) is 0 Å². The standard InChI is InChI=1S/C14H20N2OS/c1-12(8-15-9-14-4-3-7-18-14)16(2)10-13-5-6-17-11-13/h3-7,11-12,15H,8-10H2,1-2H3. The predicted octanol–water partition coefficient (Wildman–Crippen LogP) is 2.95. The Bertz CT molecular complexity index is 425. The highest BCUT2D eigenvalue weighted by molar-refractivity contribution is 7.09. The molecule has 98 valence electrons. The van der Waals surface area contributed by atoms with E-state index in [1.54, 1.807) is 17.6 Å². The number of furan rings is 1. The molecule has 0 aliphatic carbocycles. The lowest BCUT2D eigenvalue weighted by Crippen LogP contribution is -2.37. The van der Waals surface area contributed by atoms with Gasteiger partial charge in [0.25, 0.3) is 0 Å². The summed E-state index contributed by atoms with van der Waals surface area (Å²) in [7, 11) is 2.14. The molecule has 0 radical (unpaired) electrons. The molecule has 2 aromatic rings. The zero-order chi connectivity index (χ0) is 12.8. The topological polar surface area (TPSA) is 28.4 Å². The Labute approximate surface area is 112 Å². The van der Waals surface area contributed by atoms with Crippen LogP contribution in [0, 0.1) is 0 Å². The number of hydrogen-bond donors (Lipinski definition) is 1. The summed E-state index contributed by atoms with van der Waals surface area (Å²) in [6, 6.07) is 6.77. The predicted molar refractivity (Wildman–Crippen MR) is 75.7 cm³/mol. The molecule has 1 atom stereocenters. The van der Waals surface area contributed by atoms with Crippen molar-refractivity contribution < 1.29 is 4.42 Å². The van der Waals surface area contributed by atoms with E-state index in [0.29, 0.717) is 6.04 Å². The van der Waals surface area contributed by atoms with E-state index in [4.69, 9.17) is 4.42 Å². The minimum absolute atomic E-state index is 0.500. The van der Waals surface area contributed by atoms with Gasteiger partial charge in [-0.05, 0) is 31.5 Å². The molecule has 0 bridgehead atoms. The average Bonchev–Trinajstić information content (AvgIpc) is 3.01. The quantitative estimate of drug-likeness (QED) is 0.833. The van der Waals surface area contributed by atoms with Gasteiger partial charge in [0.15, 0.2) is 0 Å². The average molecular weight is 264 g/mol. The molecule has 2 heterocycles. The maximum absolute atomic E-state index is 5.08. The molecule has 0 saturated carbocycles. The van der Waals surface area contributed by atoms with E-state index in [9.17, 15) is 0 Å². The third kappa shape index (κ3) is 3.98. The Balaban J connectivity index is 1.69. The first-order chi connectivity index (χ1) is 8.75. The Hall–Kier alpha value is -1.10. The summed E-state index contributed by atoms with van der Waals surface area (Å²) in [5, 5.41) is 5.61. The number of nitrogens with one attached hydrogen (secondary N) is 1. The monoisotopic (exact) mass is 264 g/mol. The lowest BCUT2D eigenvalue weighted by Gasteiger charge is -2.24. The molecular weight excluding hydrogens is 244 g/mol. The van der Waals surface area contributed by atoms with Gasteiger partial charge in [0, 0.05) is 36.1 Å². The highest BCUT2D eigenvalue weighted by atomic mass is 32.1. The summed E-state index contributed by atoms with van der Waals surface area (Å²) in [6.45, 7) is 5.12. The first kappa shape index (κ1) is 13.3. The van der Waals surface area contributed by atoms with Crippen LogP contribution in [0.4, 0.5) is 0 Å². The third-order valence-corrected chi connectivity index (χ3v) is 3.96. The minimum atomic E-state index is 0.500. The van der Waals surface area contributed by atoms with E-state index in [1.165, 1.54) is 10.4 Å². The number of likely N-dealkylation sites (N-methyl/N-ethyl adjacent to an activating group) is 1. The van der Waals surface area contributed by atoms with Gasteiger partial charge in [-0.2, -0.15) is 0 Å². The molecule has 0 saturated heterocycles. The molecule has 2 aromatic heterocycles. The Morgan fingerprint density at radius 2 is 2.33 bits per heavy atom. The van der Waals surface area contributed by atoms with Crippen LogP contribution in [-0.4, -0.2) is 24.5 Å². The van der Waals surface area contributed by atoms with Crippen molar-refractivity contribution >= 4 is 11.3 Å². The summed E-state index contributed by atoms with van der Waals surface area (Å²) in [6.07, 6.45) is 3.53. The van der Waals surface area contributed by atoms with Crippen molar-refractivity contribution in [3.63, 3.8) is 0 Å². The maximum atomic E-state index is 5.08. The van der Waals surface area contributed by atoms with Crippen LogP contribution in [0.15, 0.2) is 40.5 Å². The fourth-order valence-corrected chi connectivity index (χ4v) is 2.47. The van der Waals surface area contributed by atoms with E-state index in [-0.39, 0.29) is 0 Å². The second kappa shape index (κ2) is 6.73. The van der Waals surface area contributed by atoms with Crippen LogP contribution in [0.3, 0.4) is 0 Å². The van der Waals surface area contributed by atoms with Crippen LogP contribution < -0.4 is 5.32 Å². The molecular formula is C14H20N2OS. The van der Waals surface area contributed by atoms with E-state index in [2.05, 4.69) is 41.7 Å². The molecule has 1 N–H and O–H groups in total. The lowest BCUT2D eigenvalue weighted by atomic mass is 10.2. The van der Waals surface area contributed by atoms with Gasteiger partial charge in [-0.3, -0.25) is 4.90 Å². The van der Waals surface area contributed by atoms with Crippen LogP contribution in [0.2, 0.25) is 0 Å². The molecule has 0 aromatic carbocycles. The summed E-state index contributed by atoms with van der Waals surface area (Å²) in [4.78, 5) is 3.71. The van der Waals surface area contributed by atoms with E-state index >= 15 is 0 Å². The zero-order valence-electron chi connectivity index (χ0n) is 10.9. The number of hydrogen-bond acceptors (Lipinski definition) is 4. The zero-order valence-corrected chi connectivity index (χ0v) is 11.7. The highest BCUT2D eigenvalue weighted by Crippen LogP contribution is 2.09. The van der Waals surface area contributed by atoms with E-state index in [0.717, 1.165) is 19.6 Å². The van der Waals surface area contributed by atoms with Crippen molar-refractivity contribution in [2.24, 2.45) is 0 Å². The van der Waals surface area contributed by atoms with Crippen molar-refractivity contribution in [1.29, 1.82) is 0 Å². The summed E-state index contributed by atoms with van der Waals surface area (Å²) < 4.78 is 5.08. The Morgan fingerprint density at radius 1 is 1.44 bits per heavy atom. The van der Waals surface area contributed by atoms with Crippen molar-refractivity contribution in [3.8, 4) is 0 Å². The van der Waals surface area contributed by atoms with Gasteiger partial charge in [0.1, 0.15) is 0 Å². The molecule has 0 aliphatic rings. The van der Waals surface area contributed by atoms with Gasteiger partial charge in [-0.25, -0.2) is 0 Å². The first-order valence-corrected chi connectivity index (χ1v) is 7.08. The van der Waals surface area contributed by atoms with Crippen LogP contribution in [-0.2, 0) is 13.1 Å². The van der Waals surface area contributed by atoms with Gasteiger partial charge >= 0.3 is 0 Å². The molecule has 0 amide bonds. The van der Waals surface area contributed by atoms with Crippen LogP contribution >= 0.6 is 11.3 Å². The van der Waals surface area contributed by atoms with Crippen LogP contribution in [0.1, 0.15) is 17.4 Å². The minimum Gasteiger partial charge on any atom is -0.472 e. The molecule has 18 heavy (non-hydrogen) atoms. The molecule has 0 aliphatic heterocycles. The van der Waals surface area contributed by atoms with E-state index < -0.39 is 0 Å². The maximum Gasteiger partial charge on any atom is 0.0947 e. The number of rotatable bonds is 7. The molecule has 0 fully saturated rings. The Morgan fingerprint density at radius 3 is 3.00 bits per heavy atom. The summed E-state index contributed by atoms with van der Waals surface area (Å²) in [5.74, 6) is 0. The van der Waals surface area contributed by atoms with Gasteiger partial charge in [0.05, 0.1) is 12.5 Å². The van der Waals surface area contributed by atoms with Crippen molar-refractivity contribution in [2.45, 2.75) is 26.1 Å². The van der Waals surface area contributed by atoms with E-state index in [1.807, 2.05) is 12.3 Å². The van der Waals surface area contributed by atoms with Gasteiger partial charge in [-0.1, -0.05) is 6.07 Å². The van der Waals surface area contributed by atoms with Crippen molar-refractivity contribution in [1.82, 2.24) is 10.2 Å². The van der Waals surface area contributed by atoms with Gasteiger partial charge < -0.3 is 9.73 Å². The fraction of sp³-hybridized carbons (Fsp3) is 0.429. The van der Waals surface area contributed by atoms with Crippen molar-refractivity contribution in [3.05, 3.63) is 46.5 Å². The van der Waals surface area contributed by atoms with Crippen molar-refractivity contribution in [2.75, 3.05) is 13.6 Å². The summed E-state index contributed by atoms with van der Waals surface area (Å²) >= 11 is 1.80. The van der Waals surface area contributed by atoms with Gasteiger partial charge in [0.2, 0.25) is 0 Å². The molecule has 4 heteroatoms. The second-order valence-electron chi connectivity index (χ2n) is 4.61. The normalized spacial score (nSPS) is 13.1. The van der Waals surface area contributed by atoms with Crippen LogP contribution in [0.25, 0.3) is 0 Å². The fourth-order valence-electron chi connectivity index (χ4n) is 1.80. The summed E-state index contributed by atoms with van der Waals surface area (Å²) in [5.41, 5.74) is 1.22. The lowest BCUT2D eigenvalue weighted by molar-refractivity contribution is 0.242. The first-order valence-electron chi connectivity index (χ1n) is 6.20. The smallest absolute Gasteiger partial charge is 0.0947 e. The molecule has 1 unspecified atom stereocenters. The SMILES string of the molecule is CC(CNCc1cccs1)N(C)Cc1ccoc1. The highest BCUT2D eigenvalue weighted by Gasteiger charge is 2.09. The third-order valence-electron chi connectivity index (χ3n) is 3.08. The molecule has 3 nitrogen and oxygen atoms in total. The largest absolute Gasteiger partial charge is 0.472 e. The second-order valence-corrected chi connectivity index (χ2v) is 5.64. The Kier molecular flexibility index (Phi) is 4.99. The molecule has 0 spiro atoms. The number of thiophene rings is 1.